The van der Waals surface area contributed by atoms with Crippen LogP contribution in [-0.2, 0) is 16.1 Å². The predicted octanol–water partition coefficient (Wildman–Crippen LogP) is 3.29. The average Bonchev–Trinajstić information content (AvgIpc) is 3.09. The fourth-order valence-corrected chi connectivity index (χ4v) is 3.31. The van der Waals surface area contributed by atoms with E-state index in [0.717, 1.165) is 6.42 Å². The summed E-state index contributed by atoms with van der Waals surface area (Å²) in [6.45, 7) is 3.42. The molecule has 8 heteroatoms. The van der Waals surface area contributed by atoms with Crippen molar-refractivity contribution in [3.05, 3.63) is 23.8 Å². The van der Waals surface area contributed by atoms with Crippen molar-refractivity contribution < 1.29 is 27.8 Å². The number of ether oxygens (including phenoxy) is 2. The summed E-state index contributed by atoms with van der Waals surface area (Å²) in [6, 6.07) is 4.09. The Morgan fingerprint density at radius 3 is 2.54 bits per heavy atom. The molecule has 0 saturated carbocycles. The lowest BCUT2D eigenvalue weighted by Gasteiger charge is -2.32. The van der Waals surface area contributed by atoms with Crippen molar-refractivity contribution in [2.24, 2.45) is 5.41 Å². The second-order valence-corrected chi connectivity index (χ2v) is 7.96. The molecule has 1 unspecified atom stereocenters. The number of carbonyl (C=O) groups is 2. The van der Waals surface area contributed by atoms with E-state index in [-0.39, 0.29) is 29.9 Å². The van der Waals surface area contributed by atoms with Crippen molar-refractivity contribution >= 4 is 11.8 Å². The predicted molar refractivity (Wildman–Crippen MR) is 100 cm³/mol. The standard InChI is InChI=1S/C20H28F2N2O4/c1-20(2,3)18(26)24-10-6-7-14(24)17(25)23(4)12-13-8-9-15(28-19(21)22)16(11-13)27-5/h8-9,11,14,19H,6-7,10,12H2,1-5H3. The van der Waals surface area contributed by atoms with Gasteiger partial charge in [0.05, 0.1) is 7.11 Å². The summed E-state index contributed by atoms with van der Waals surface area (Å²) in [5.41, 5.74) is 0.163. The Hall–Kier alpha value is -2.38. The number of likely N-dealkylation sites (N-methyl/N-ethyl adjacent to an activating group) is 1. The van der Waals surface area contributed by atoms with Gasteiger partial charge in [0.15, 0.2) is 11.5 Å². The van der Waals surface area contributed by atoms with Crippen molar-refractivity contribution in [3.8, 4) is 11.5 Å². The fourth-order valence-electron chi connectivity index (χ4n) is 3.31. The Balaban J connectivity index is 2.10. The van der Waals surface area contributed by atoms with Crippen molar-refractivity contribution in [2.75, 3.05) is 20.7 Å². The van der Waals surface area contributed by atoms with Gasteiger partial charge in [-0.3, -0.25) is 9.59 Å². The van der Waals surface area contributed by atoms with Crippen LogP contribution >= 0.6 is 0 Å². The van der Waals surface area contributed by atoms with Crippen LogP contribution in [0, 0.1) is 5.41 Å². The lowest BCUT2D eigenvalue weighted by molar-refractivity contribution is -0.148. The van der Waals surface area contributed by atoms with Crippen LogP contribution in [0.1, 0.15) is 39.2 Å². The number of halogens is 2. The third-order valence-electron chi connectivity index (χ3n) is 4.68. The Labute approximate surface area is 164 Å². The monoisotopic (exact) mass is 398 g/mol. The molecule has 1 aromatic carbocycles. The SMILES string of the molecule is COc1cc(CN(C)C(=O)C2CCCN2C(=O)C(C)(C)C)ccc1OC(F)F. The molecular formula is C20H28F2N2O4. The number of carbonyl (C=O) groups excluding carboxylic acids is 2. The van der Waals surface area contributed by atoms with Gasteiger partial charge in [-0.05, 0) is 30.5 Å². The molecule has 28 heavy (non-hydrogen) atoms. The van der Waals surface area contributed by atoms with Gasteiger partial charge in [-0.25, -0.2) is 0 Å². The highest BCUT2D eigenvalue weighted by Crippen LogP contribution is 2.30. The largest absolute Gasteiger partial charge is 0.493 e. The highest BCUT2D eigenvalue weighted by Gasteiger charge is 2.39. The Morgan fingerprint density at radius 2 is 1.96 bits per heavy atom. The average molecular weight is 398 g/mol. The van der Waals surface area contributed by atoms with Crippen LogP contribution in [0.5, 0.6) is 11.5 Å². The summed E-state index contributed by atoms with van der Waals surface area (Å²) in [5, 5.41) is 0. The molecule has 0 aliphatic carbocycles. The van der Waals surface area contributed by atoms with Crippen molar-refractivity contribution in [2.45, 2.75) is 52.8 Å². The van der Waals surface area contributed by atoms with Gasteiger partial charge in [-0.15, -0.1) is 0 Å². The van der Waals surface area contributed by atoms with Crippen LogP contribution in [0.15, 0.2) is 18.2 Å². The number of alkyl halides is 2. The topological polar surface area (TPSA) is 59.1 Å². The van der Waals surface area contributed by atoms with E-state index >= 15 is 0 Å². The molecule has 1 fully saturated rings. The zero-order valence-corrected chi connectivity index (χ0v) is 17.0. The molecule has 0 N–H and O–H groups in total. The van der Waals surface area contributed by atoms with E-state index in [4.69, 9.17) is 4.74 Å². The van der Waals surface area contributed by atoms with E-state index < -0.39 is 18.1 Å². The number of likely N-dealkylation sites (tertiary alicyclic amines) is 1. The quantitative estimate of drug-likeness (QED) is 0.738. The third kappa shape index (κ3) is 5.11. The fraction of sp³-hybridized carbons (Fsp3) is 0.600. The number of nitrogens with zero attached hydrogens (tertiary/aromatic N) is 2. The van der Waals surface area contributed by atoms with Crippen LogP contribution in [0.3, 0.4) is 0 Å². The minimum absolute atomic E-state index is 0.0353. The number of hydrogen-bond donors (Lipinski definition) is 0. The molecule has 0 spiro atoms. The van der Waals surface area contributed by atoms with Crippen LogP contribution in [0.25, 0.3) is 0 Å². The maximum Gasteiger partial charge on any atom is 0.387 e. The highest BCUT2D eigenvalue weighted by atomic mass is 19.3. The Morgan fingerprint density at radius 1 is 1.29 bits per heavy atom. The van der Waals surface area contributed by atoms with Gasteiger partial charge in [0.25, 0.3) is 0 Å². The first-order chi connectivity index (χ1) is 13.0. The van der Waals surface area contributed by atoms with Gasteiger partial charge in [-0.1, -0.05) is 26.8 Å². The summed E-state index contributed by atoms with van der Waals surface area (Å²) in [4.78, 5) is 28.8. The second-order valence-electron chi connectivity index (χ2n) is 7.96. The van der Waals surface area contributed by atoms with Crippen molar-refractivity contribution in [1.82, 2.24) is 9.80 Å². The van der Waals surface area contributed by atoms with Crippen molar-refractivity contribution in [1.29, 1.82) is 0 Å². The number of rotatable bonds is 6. The van der Waals surface area contributed by atoms with E-state index in [9.17, 15) is 18.4 Å². The smallest absolute Gasteiger partial charge is 0.387 e. The van der Waals surface area contributed by atoms with Gasteiger partial charge in [-0.2, -0.15) is 8.78 Å². The van der Waals surface area contributed by atoms with Crippen LogP contribution < -0.4 is 9.47 Å². The zero-order valence-electron chi connectivity index (χ0n) is 17.0. The summed E-state index contributed by atoms with van der Waals surface area (Å²) < 4.78 is 34.4. The molecule has 1 aliphatic rings. The first kappa shape index (κ1) is 21.9. The summed E-state index contributed by atoms with van der Waals surface area (Å²) >= 11 is 0. The molecule has 2 amide bonds. The van der Waals surface area contributed by atoms with Gasteiger partial charge >= 0.3 is 6.61 Å². The zero-order chi connectivity index (χ0) is 21.1. The number of benzene rings is 1. The molecule has 1 aromatic rings. The number of methoxy groups -OCH3 is 1. The summed E-state index contributed by atoms with van der Waals surface area (Å²) in [5.74, 6) is -0.0640. The van der Waals surface area contributed by atoms with E-state index in [0.29, 0.717) is 18.5 Å². The van der Waals surface area contributed by atoms with Crippen molar-refractivity contribution in [3.63, 3.8) is 0 Å². The van der Waals surface area contributed by atoms with Crippen LogP contribution in [0.2, 0.25) is 0 Å². The molecule has 0 radical (unpaired) electrons. The summed E-state index contributed by atoms with van der Waals surface area (Å²) in [6.07, 6.45) is 1.43. The lowest BCUT2D eigenvalue weighted by Crippen LogP contribution is -2.49. The maximum atomic E-state index is 12.9. The van der Waals surface area contributed by atoms with E-state index in [2.05, 4.69) is 4.74 Å². The van der Waals surface area contributed by atoms with Gasteiger partial charge in [0, 0.05) is 25.6 Å². The van der Waals surface area contributed by atoms with Gasteiger partial charge < -0.3 is 19.3 Å². The van der Waals surface area contributed by atoms with Gasteiger partial charge in [0.2, 0.25) is 11.8 Å². The minimum Gasteiger partial charge on any atom is -0.493 e. The highest BCUT2D eigenvalue weighted by molar-refractivity contribution is 5.90. The Kier molecular flexibility index (Phi) is 6.85. The second kappa shape index (κ2) is 8.75. The van der Waals surface area contributed by atoms with Gasteiger partial charge in [0.1, 0.15) is 6.04 Å². The molecule has 1 atom stereocenters. The van der Waals surface area contributed by atoms with E-state index in [1.807, 2.05) is 20.8 Å². The molecule has 1 aliphatic heterocycles. The van der Waals surface area contributed by atoms with E-state index in [1.165, 1.54) is 13.2 Å². The molecule has 0 aromatic heterocycles. The Bertz CT molecular complexity index is 719. The molecule has 0 bridgehead atoms. The first-order valence-electron chi connectivity index (χ1n) is 9.22. The maximum absolute atomic E-state index is 12.9. The third-order valence-corrected chi connectivity index (χ3v) is 4.68. The molecule has 156 valence electrons. The molecular weight excluding hydrogens is 370 g/mol. The van der Waals surface area contributed by atoms with Crippen LogP contribution in [0.4, 0.5) is 8.78 Å². The molecule has 1 saturated heterocycles. The lowest BCUT2D eigenvalue weighted by atomic mass is 9.94. The first-order valence-corrected chi connectivity index (χ1v) is 9.22. The molecule has 2 rings (SSSR count). The molecule has 6 nitrogen and oxygen atoms in total. The minimum atomic E-state index is -2.95. The number of amides is 2. The number of hydrogen-bond acceptors (Lipinski definition) is 4. The van der Waals surface area contributed by atoms with Crippen LogP contribution in [-0.4, -0.2) is 55.0 Å². The molecule has 1 heterocycles. The summed E-state index contributed by atoms with van der Waals surface area (Å²) in [7, 11) is 3.03. The van der Waals surface area contributed by atoms with E-state index in [1.54, 1.807) is 29.0 Å². The normalized spacial score (nSPS) is 17.0.